The monoisotopic (exact) mass is 474 g/mol. The lowest BCUT2D eigenvalue weighted by Crippen LogP contribution is -2.44. The van der Waals surface area contributed by atoms with Gasteiger partial charge in [0.05, 0.1) is 12.1 Å². The van der Waals surface area contributed by atoms with Crippen molar-refractivity contribution in [3.8, 4) is 0 Å². The molecule has 0 spiro atoms. The molecule has 0 unspecified atom stereocenters. The fourth-order valence-corrected chi connectivity index (χ4v) is 5.38. The molecule has 36 heavy (non-hydrogen) atoms. The first kappa shape index (κ1) is 21.9. The average molecular weight is 475 g/mol. The van der Waals surface area contributed by atoms with Gasteiger partial charge in [0.25, 0.3) is 23.6 Å². The van der Waals surface area contributed by atoms with E-state index in [0.29, 0.717) is 33.0 Å². The van der Waals surface area contributed by atoms with E-state index in [4.69, 9.17) is 0 Å². The third-order valence-electron chi connectivity index (χ3n) is 7.30. The van der Waals surface area contributed by atoms with Crippen LogP contribution < -0.4 is 0 Å². The highest BCUT2D eigenvalue weighted by molar-refractivity contribution is 6.33. The van der Waals surface area contributed by atoms with Gasteiger partial charge in [-0.2, -0.15) is 0 Å². The number of rotatable bonds is 4. The Morgan fingerprint density at radius 2 is 0.722 bits per heavy atom. The van der Waals surface area contributed by atoms with E-state index in [9.17, 15) is 19.2 Å². The van der Waals surface area contributed by atoms with Gasteiger partial charge in [-0.1, -0.05) is 60.7 Å². The lowest BCUT2D eigenvalue weighted by Gasteiger charge is -2.36. The van der Waals surface area contributed by atoms with Crippen molar-refractivity contribution in [3.05, 3.63) is 118 Å². The van der Waals surface area contributed by atoms with Crippen LogP contribution in [0.4, 0.5) is 0 Å². The van der Waals surface area contributed by atoms with Crippen LogP contribution in [-0.4, -0.2) is 33.4 Å². The SMILES string of the molecule is C[C@H](c1ccccc1)N1C(=O)c2ccc3c4c(ccc(c24)C1=O)C(=O)N([C@@H](C)c1ccccc1)C3=O. The molecule has 6 rings (SSSR count). The molecule has 0 N–H and O–H groups in total. The van der Waals surface area contributed by atoms with Crippen LogP contribution in [0, 0.1) is 0 Å². The third-order valence-corrected chi connectivity index (χ3v) is 7.30. The highest BCUT2D eigenvalue weighted by atomic mass is 16.2. The standard InChI is InChI=1S/C30H22N2O4/c1-17(19-9-5-3-6-10-19)31-27(33)21-13-15-23-26-24(16-14-22(25(21)26)28(31)34)30(36)32(29(23)35)18(2)20-11-7-4-8-12-20/h3-18H,1-2H3/t17-,18+. The topological polar surface area (TPSA) is 74.8 Å². The Morgan fingerprint density at radius 3 is 1.00 bits per heavy atom. The van der Waals surface area contributed by atoms with Crippen LogP contribution in [0.1, 0.15) is 78.5 Å². The van der Waals surface area contributed by atoms with Crippen LogP contribution in [0.5, 0.6) is 0 Å². The van der Waals surface area contributed by atoms with Crippen LogP contribution in [0.3, 0.4) is 0 Å². The highest BCUT2D eigenvalue weighted by Gasteiger charge is 2.42. The highest BCUT2D eigenvalue weighted by Crippen LogP contribution is 2.41. The molecule has 0 saturated carbocycles. The zero-order chi connectivity index (χ0) is 25.1. The zero-order valence-electron chi connectivity index (χ0n) is 19.8. The van der Waals surface area contributed by atoms with E-state index < -0.39 is 35.7 Å². The lowest BCUT2D eigenvalue weighted by molar-refractivity contribution is 0.0527. The molecular formula is C30H22N2O4. The van der Waals surface area contributed by atoms with E-state index in [0.717, 1.165) is 11.1 Å². The van der Waals surface area contributed by atoms with Crippen LogP contribution >= 0.6 is 0 Å². The quantitative estimate of drug-likeness (QED) is 0.363. The van der Waals surface area contributed by atoms with E-state index in [1.807, 2.05) is 74.5 Å². The number of benzene rings is 4. The number of carbonyl (C=O) groups is 4. The van der Waals surface area contributed by atoms with Crippen molar-refractivity contribution in [1.29, 1.82) is 0 Å². The molecule has 2 aliphatic heterocycles. The fourth-order valence-electron chi connectivity index (χ4n) is 5.38. The van der Waals surface area contributed by atoms with E-state index in [-0.39, 0.29) is 0 Å². The van der Waals surface area contributed by atoms with Gasteiger partial charge >= 0.3 is 0 Å². The molecule has 2 aliphatic rings. The summed E-state index contributed by atoms with van der Waals surface area (Å²) in [6.45, 7) is 3.63. The molecule has 0 saturated heterocycles. The molecule has 6 heteroatoms. The normalized spacial score (nSPS) is 16.5. The van der Waals surface area contributed by atoms with Gasteiger partial charge < -0.3 is 0 Å². The summed E-state index contributed by atoms with van der Waals surface area (Å²) in [7, 11) is 0. The van der Waals surface area contributed by atoms with E-state index in [1.165, 1.54) is 9.80 Å². The van der Waals surface area contributed by atoms with Crippen LogP contribution in [0.2, 0.25) is 0 Å². The number of imide groups is 2. The fraction of sp³-hybridized carbons (Fsp3) is 0.133. The van der Waals surface area contributed by atoms with Gasteiger partial charge in [0.2, 0.25) is 0 Å². The van der Waals surface area contributed by atoms with Gasteiger partial charge in [0.1, 0.15) is 0 Å². The molecule has 2 heterocycles. The van der Waals surface area contributed by atoms with Crippen molar-refractivity contribution < 1.29 is 19.2 Å². The molecule has 4 aromatic rings. The first-order chi connectivity index (χ1) is 17.4. The number of nitrogens with zero attached hydrogens (tertiary/aromatic N) is 2. The van der Waals surface area contributed by atoms with Gasteiger partial charge in [-0.25, -0.2) is 0 Å². The number of hydrogen-bond donors (Lipinski definition) is 0. The summed E-state index contributed by atoms with van der Waals surface area (Å²) in [5.41, 5.74) is 2.95. The second-order valence-electron chi connectivity index (χ2n) is 9.21. The summed E-state index contributed by atoms with van der Waals surface area (Å²) in [6, 6.07) is 24.2. The maximum absolute atomic E-state index is 13.6. The third kappa shape index (κ3) is 2.97. The molecule has 0 aliphatic carbocycles. The molecule has 0 radical (unpaired) electrons. The van der Waals surface area contributed by atoms with Crippen LogP contribution in [0.15, 0.2) is 84.9 Å². The van der Waals surface area contributed by atoms with Crippen molar-refractivity contribution in [2.24, 2.45) is 0 Å². The molecule has 2 atom stereocenters. The predicted molar refractivity (Wildman–Crippen MR) is 135 cm³/mol. The predicted octanol–water partition coefficient (Wildman–Crippen LogP) is 5.55. The largest absolute Gasteiger partial charge is 0.269 e. The maximum atomic E-state index is 13.6. The second-order valence-corrected chi connectivity index (χ2v) is 9.21. The van der Waals surface area contributed by atoms with Crippen molar-refractivity contribution in [1.82, 2.24) is 9.80 Å². The number of carbonyl (C=O) groups excluding carboxylic acids is 4. The molecule has 0 bridgehead atoms. The average Bonchev–Trinajstić information content (AvgIpc) is 2.91. The number of amides is 4. The first-order valence-corrected chi connectivity index (χ1v) is 11.9. The summed E-state index contributed by atoms with van der Waals surface area (Å²) in [5, 5.41) is 0.760. The Labute approximate surface area is 207 Å². The first-order valence-electron chi connectivity index (χ1n) is 11.9. The molecule has 0 aromatic heterocycles. The zero-order valence-corrected chi connectivity index (χ0v) is 19.8. The number of hydrogen-bond acceptors (Lipinski definition) is 4. The minimum Gasteiger partial charge on any atom is -0.269 e. The Hall–Kier alpha value is -4.58. The molecule has 4 aromatic carbocycles. The van der Waals surface area contributed by atoms with Gasteiger partial charge in [0.15, 0.2) is 0 Å². The van der Waals surface area contributed by atoms with Crippen molar-refractivity contribution in [2.75, 3.05) is 0 Å². The molecular weight excluding hydrogens is 452 g/mol. The second kappa shape index (κ2) is 7.99. The van der Waals surface area contributed by atoms with Gasteiger partial charge in [-0.05, 0) is 49.2 Å². The van der Waals surface area contributed by atoms with Crippen molar-refractivity contribution >= 4 is 34.4 Å². The molecule has 176 valence electrons. The summed E-state index contributed by atoms with van der Waals surface area (Å²) in [4.78, 5) is 56.9. The van der Waals surface area contributed by atoms with E-state index in [2.05, 4.69) is 0 Å². The van der Waals surface area contributed by atoms with Gasteiger partial charge in [-0.3, -0.25) is 29.0 Å². The summed E-state index contributed by atoms with van der Waals surface area (Å²) >= 11 is 0. The Bertz CT molecular complexity index is 1400. The Balaban J connectivity index is 1.49. The van der Waals surface area contributed by atoms with Crippen LogP contribution in [0.25, 0.3) is 10.8 Å². The summed E-state index contributed by atoms with van der Waals surface area (Å²) in [5.74, 6) is -1.75. The molecule has 0 fully saturated rings. The summed E-state index contributed by atoms with van der Waals surface area (Å²) < 4.78 is 0. The molecule has 4 amide bonds. The Morgan fingerprint density at radius 1 is 0.444 bits per heavy atom. The lowest BCUT2D eigenvalue weighted by atomic mass is 9.84. The maximum Gasteiger partial charge on any atom is 0.261 e. The minimum absolute atomic E-state index is 0.318. The van der Waals surface area contributed by atoms with Crippen molar-refractivity contribution in [2.45, 2.75) is 25.9 Å². The summed E-state index contributed by atoms with van der Waals surface area (Å²) in [6.07, 6.45) is 0. The van der Waals surface area contributed by atoms with E-state index in [1.54, 1.807) is 24.3 Å². The van der Waals surface area contributed by atoms with Gasteiger partial charge in [0, 0.05) is 33.0 Å². The smallest absolute Gasteiger partial charge is 0.261 e. The van der Waals surface area contributed by atoms with Crippen LogP contribution in [-0.2, 0) is 0 Å². The minimum atomic E-state index is -0.480. The van der Waals surface area contributed by atoms with Crippen molar-refractivity contribution in [3.63, 3.8) is 0 Å². The van der Waals surface area contributed by atoms with Gasteiger partial charge in [-0.15, -0.1) is 0 Å². The Kier molecular flexibility index (Phi) is 4.86. The van der Waals surface area contributed by atoms with E-state index >= 15 is 0 Å². The molecule has 6 nitrogen and oxygen atoms in total.